The molecule has 1 atom stereocenters. The van der Waals surface area contributed by atoms with Crippen LogP contribution in [-0.2, 0) is 0 Å². The van der Waals surface area contributed by atoms with E-state index in [2.05, 4.69) is 9.88 Å². The van der Waals surface area contributed by atoms with Crippen LogP contribution in [0.15, 0.2) is 27.4 Å². The molecule has 0 radical (unpaired) electrons. The minimum Gasteiger partial charge on any atom is -0.408 e. The van der Waals surface area contributed by atoms with E-state index in [1.54, 1.807) is 0 Å². The average molecular weight is 262 g/mol. The molecule has 0 aliphatic heterocycles. The third-order valence-electron chi connectivity index (χ3n) is 4.06. The van der Waals surface area contributed by atoms with Crippen LogP contribution in [0.2, 0.25) is 0 Å². The highest BCUT2D eigenvalue weighted by Gasteiger charge is 2.50. The number of hydrogen-bond acceptors (Lipinski definition) is 4. The summed E-state index contributed by atoms with van der Waals surface area (Å²) in [6.45, 7) is 0.185. The van der Waals surface area contributed by atoms with Gasteiger partial charge in [-0.25, -0.2) is 4.79 Å². The Balaban J connectivity index is 2.07. The Morgan fingerprint density at radius 1 is 1.47 bits per heavy atom. The molecule has 1 aromatic carbocycles. The summed E-state index contributed by atoms with van der Waals surface area (Å²) in [7, 11) is 4.02. The SMILES string of the molecule is CN(C)C(c1ccc2[nH]c(=O)oc2c1)C1(CO)CC1. The zero-order chi connectivity index (χ0) is 13.6. The van der Waals surface area contributed by atoms with Crippen LogP contribution in [0.1, 0.15) is 24.4 Å². The number of aliphatic hydroxyl groups excluding tert-OH is 1. The van der Waals surface area contributed by atoms with Crippen molar-refractivity contribution in [2.45, 2.75) is 18.9 Å². The molecule has 1 aromatic heterocycles. The minimum absolute atomic E-state index is 0.0478. The molecule has 1 unspecified atom stereocenters. The second kappa shape index (κ2) is 4.21. The highest BCUT2D eigenvalue weighted by Crippen LogP contribution is 2.56. The van der Waals surface area contributed by atoms with Gasteiger partial charge in [0.2, 0.25) is 0 Å². The van der Waals surface area contributed by atoms with Crippen molar-refractivity contribution < 1.29 is 9.52 Å². The second-order valence-corrected chi connectivity index (χ2v) is 5.66. The number of aromatic nitrogens is 1. The van der Waals surface area contributed by atoms with Gasteiger partial charge in [-0.3, -0.25) is 4.98 Å². The van der Waals surface area contributed by atoms with Crippen LogP contribution >= 0.6 is 0 Å². The largest absolute Gasteiger partial charge is 0.417 e. The fourth-order valence-electron chi connectivity index (χ4n) is 3.01. The van der Waals surface area contributed by atoms with Gasteiger partial charge in [0, 0.05) is 11.5 Å². The van der Waals surface area contributed by atoms with Crippen LogP contribution in [-0.4, -0.2) is 35.7 Å². The number of hydrogen-bond donors (Lipinski definition) is 2. The van der Waals surface area contributed by atoms with E-state index in [0.717, 1.165) is 18.4 Å². The molecule has 2 aromatic rings. The minimum atomic E-state index is -0.433. The second-order valence-electron chi connectivity index (χ2n) is 5.66. The lowest BCUT2D eigenvalue weighted by Gasteiger charge is -2.32. The lowest BCUT2D eigenvalue weighted by Crippen LogP contribution is -2.30. The van der Waals surface area contributed by atoms with E-state index in [1.165, 1.54) is 0 Å². The Morgan fingerprint density at radius 3 is 2.79 bits per heavy atom. The highest BCUT2D eigenvalue weighted by atomic mass is 16.4. The molecule has 0 bridgehead atoms. The van der Waals surface area contributed by atoms with Crippen LogP contribution in [0.3, 0.4) is 0 Å². The van der Waals surface area contributed by atoms with Gasteiger partial charge >= 0.3 is 5.76 Å². The smallest absolute Gasteiger partial charge is 0.408 e. The van der Waals surface area contributed by atoms with Gasteiger partial charge in [-0.1, -0.05) is 6.07 Å². The molecule has 0 spiro atoms. The van der Waals surface area contributed by atoms with Gasteiger partial charge in [-0.15, -0.1) is 0 Å². The first kappa shape index (κ1) is 12.4. The van der Waals surface area contributed by atoms with Crippen LogP contribution in [0, 0.1) is 5.41 Å². The molecule has 0 saturated heterocycles. The number of rotatable bonds is 4. The van der Waals surface area contributed by atoms with E-state index < -0.39 is 5.76 Å². The third-order valence-corrected chi connectivity index (χ3v) is 4.06. The zero-order valence-electron chi connectivity index (χ0n) is 11.1. The van der Waals surface area contributed by atoms with Crippen LogP contribution in [0.4, 0.5) is 0 Å². The first-order chi connectivity index (χ1) is 9.05. The van der Waals surface area contributed by atoms with Crippen molar-refractivity contribution in [2.75, 3.05) is 20.7 Å². The van der Waals surface area contributed by atoms with Crippen molar-refractivity contribution in [3.8, 4) is 0 Å². The molecular formula is C14H18N2O3. The topological polar surface area (TPSA) is 69.5 Å². The molecule has 3 rings (SSSR count). The monoisotopic (exact) mass is 262 g/mol. The molecule has 19 heavy (non-hydrogen) atoms. The molecular weight excluding hydrogens is 244 g/mol. The molecule has 102 valence electrons. The normalized spacial score (nSPS) is 18.9. The molecule has 1 heterocycles. The maximum Gasteiger partial charge on any atom is 0.417 e. The number of H-pyrrole nitrogens is 1. The maximum absolute atomic E-state index is 11.2. The molecule has 5 nitrogen and oxygen atoms in total. The summed E-state index contributed by atoms with van der Waals surface area (Å²) in [4.78, 5) is 16.0. The number of aliphatic hydroxyl groups is 1. The number of fused-ring (bicyclic) bond motifs is 1. The van der Waals surface area contributed by atoms with Gasteiger partial charge in [0.15, 0.2) is 5.58 Å². The molecule has 0 amide bonds. The Bertz CT molecular complexity index is 652. The van der Waals surface area contributed by atoms with Crippen LogP contribution in [0.25, 0.3) is 11.1 Å². The van der Waals surface area contributed by atoms with E-state index in [-0.39, 0.29) is 18.1 Å². The van der Waals surface area contributed by atoms with Gasteiger partial charge in [0.05, 0.1) is 12.1 Å². The summed E-state index contributed by atoms with van der Waals surface area (Å²) in [5, 5.41) is 9.65. The van der Waals surface area contributed by atoms with E-state index >= 15 is 0 Å². The Hall–Kier alpha value is -1.59. The lowest BCUT2D eigenvalue weighted by molar-refractivity contribution is 0.115. The van der Waals surface area contributed by atoms with Gasteiger partial charge in [-0.05, 0) is 44.6 Å². The van der Waals surface area contributed by atoms with Crippen molar-refractivity contribution in [1.29, 1.82) is 0 Å². The molecule has 1 fully saturated rings. The molecule has 1 aliphatic rings. The van der Waals surface area contributed by atoms with E-state index in [4.69, 9.17) is 4.42 Å². The number of benzene rings is 1. The summed E-state index contributed by atoms with van der Waals surface area (Å²) < 4.78 is 5.11. The lowest BCUT2D eigenvalue weighted by atomic mass is 9.89. The standard InChI is InChI=1S/C14H18N2O3/c1-16(2)12(14(8-17)5-6-14)9-3-4-10-11(7-9)19-13(18)15-10/h3-4,7,12,17H,5-6,8H2,1-2H3,(H,15,18). The average Bonchev–Trinajstić information content (AvgIpc) is 3.04. The number of oxazole rings is 1. The van der Waals surface area contributed by atoms with Gasteiger partial charge in [-0.2, -0.15) is 0 Å². The Labute approximate surface area is 110 Å². The number of nitrogens with zero attached hydrogens (tertiary/aromatic N) is 1. The van der Waals surface area contributed by atoms with Crippen molar-refractivity contribution in [2.24, 2.45) is 5.41 Å². The van der Waals surface area contributed by atoms with Gasteiger partial charge in [0.1, 0.15) is 0 Å². The van der Waals surface area contributed by atoms with Crippen molar-refractivity contribution in [1.82, 2.24) is 9.88 Å². The van der Waals surface area contributed by atoms with Crippen molar-refractivity contribution >= 4 is 11.1 Å². The van der Waals surface area contributed by atoms with Gasteiger partial charge < -0.3 is 14.4 Å². The Kier molecular flexibility index (Phi) is 2.76. The highest BCUT2D eigenvalue weighted by molar-refractivity contribution is 5.73. The predicted octanol–water partition coefficient (Wildman–Crippen LogP) is 1.50. The molecule has 1 aliphatic carbocycles. The third kappa shape index (κ3) is 1.99. The fraction of sp³-hybridized carbons (Fsp3) is 0.500. The van der Waals surface area contributed by atoms with E-state index in [1.807, 2.05) is 32.3 Å². The molecule has 2 N–H and O–H groups in total. The fourth-order valence-corrected chi connectivity index (χ4v) is 3.01. The maximum atomic E-state index is 11.2. The molecule has 1 saturated carbocycles. The first-order valence-corrected chi connectivity index (χ1v) is 6.46. The number of nitrogens with one attached hydrogen (secondary N) is 1. The summed E-state index contributed by atoms with van der Waals surface area (Å²) >= 11 is 0. The quantitative estimate of drug-likeness (QED) is 0.876. The van der Waals surface area contributed by atoms with Crippen molar-refractivity contribution in [3.05, 3.63) is 34.3 Å². The van der Waals surface area contributed by atoms with E-state index in [0.29, 0.717) is 11.1 Å². The zero-order valence-corrected chi connectivity index (χ0v) is 11.1. The first-order valence-electron chi connectivity index (χ1n) is 6.46. The summed E-state index contributed by atoms with van der Waals surface area (Å²) in [6, 6.07) is 5.89. The predicted molar refractivity (Wildman–Crippen MR) is 72.0 cm³/mol. The number of aromatic amines is 1. The summed E-state index contributed by atoms with van der Waals surface area (Å²) in [5.74, 6) is -0.433. The van der Waals surface area contributed by atoms with Gasteiger partial charge in [0.25, 0.3) is 0 Å². The summed E-state index contributed by atoms with van der Waals surface area (Å²) in [6.07, 6.45) is 2.06. The Morgan fingerprint density at radius 2 is 2.21 bits per heavy atom. The van der Waals surface area contributed by atoms with Crippen LogP contribution in [0.5, 0.6) is 0 Å². The van der Waals surface area contributed by atoms with Crippen molar-refractivity contribution in [3.63, 3.8) is 0 Å². The van der Waals surface area contributed by atoms with E-state index in [9.17, 15) is 9.90 Å². The molecule has 5 heteroatoms. The summed E-state index contributed by atoms with van der Waals surface area (Å²) in [5.41, 5.74) is 2.31. The van der Waals surface area contributed by atoms with Crippen LogP contribution < -0.4 is 5.76 Å².